The molecule has 0 saturated carbocycles. The van der Waals surface area contributed by atoms with Crippen molar-refractivity contribution in [3.63, 3.8) is 0 Å². The van der Waals surface area contributed by atoms with Crippen molar-refractivity contribution in [3.05, 3.63) is 18.2 Å². The summed E-state index contributed by atoms with van der Waals surface area (Å²) in [5.41, 5.74) is -0.583. The Morgan fingerprint density at radius 1 is 1.48 bits per heavy atom. The van der Waals surface area contributed by atoms with E-state index in [9.17, 15) is 9.90 Å². The monoisotopic (exact) mass is 394 g/mol. The van der Waals surface area contributed by atoms with E-state index in [-0.39, 0.29) is 30.9 Å². The molecular formula is C16H28Cl2N4O3. The number of carbonyl (C=O) groups is 1. The van der Waals surface area contributed by atoms with Gasteiger partial charge in [0.1, 0.15) is 5.82 Å². The van der Waals surface area contributed by atoms with Gasteiger partial charge in [0.2, 0.25) is 0 Å². The summed E-state index contributed by atoms with van der Waals surface area (Å²) in [7, 11) is 1.70. The van der Waals surface area contributed by atoms with Gasteiger partial charge in [0.05, 0.1) is 18.6 Å². The first kappa shape index (κ1) is 22.2. The SMILES string of the molecule is COCCn1ccnc1CN1CC[C@@]2(C(=O)O)CCCN[C@@H]2C1.Cl.Cl. The van der Waals surface area contributed by atoms with E-state index < -0.39 is 11.4 Å². The summed E-state index contributed by atoms with van der Waals surface area (Å²) in [5.74, 6) is 0.372. The Kier molecular flexibility index (Phi) is 8.63. The van der Waals surface area contributed by atoms with Gasteiger partial charge in [-0.3, -0.25) is 9.69 Å². The molecule has 0 amide bonds. The minimum Gasteiger partial charge on any atom is -0.481 e. The number of aromatic nitrogens is 2. The molecule has 9 heteroatoms. The standard InChI is InChI=1S/C16H26N4O3.2ClH/c1-23-10-9-20-8-6-18-14(20)12-19-7-4-16(15(21)22)3-2-5-17-13(16)11-19;;/h6,8,13,17H,2-5,7,9-12H2,1H3,(H,21,22);2*1H/t13-,16+;;/m1../s1. The van der Waals surface area contributed by atoms with E-state index in [0.717, 1.165) is 51.4 Å². The van der Waals surface area contributed by atoms with Crippen LogP contribution in [0.3, 0.4) is 0 Å². The molecule has 0 spiro atoms. The number of fused-ring (bicyclic) bond motifs is 1. The van der Waals surface area contributed by atoms with Gasteiger partial charge in [-0.05, 0) is 32.4 Å². The van der Waals surface area contributed by atoms with Crippen molar-refractivity contribution in [2.24, 2.45) is 5.41 Å². The number of rotatable bonds is 6. The molecule has 0 radical (unpaired) electrons. The van der Waals surface area contributed by atoms with Gasteiger partial charge in [0.15, 0.2) is 0 Å². The van der Waals surface area contributed by atoms with E-state index in [2.05, 4.69) is 19.8 Å². The van der Waals surface area contributed by atoms with Crippen molar-refractivity contribution in [3.8, 4) is 0 Å². The van der Waals surface area contributed by atoms with E-state index in [4.69, 9.17) is 4.74 Å². The summed E-state index contributed by atoms with van der Waals surface area (Å²) in [6, 6.07) is 0.0323. The van der Waals surface area contributed by atoms with Gasteiger partial charge in [-0.15, -0.1) is 24.8 Å². The van der Waals surface area contributed by atoms with Gasteiger partial charge < -0.3 is 19.7 Å². The van der Waals surface area contributed by atoms with Crippen LogP contribution in [0.5, 0.6) is 0 Å². The topological polar surface area (TPSA) is 79.6 Å². The van der Waals surface area contributed by atoms with Crippen LogP contribution in [-0.2, 0) is 22.6 Å². The summed E-state index contributed by atoms with van der Waals surface area (Å²) in [6.45, 7) is 4.70. The molecule has 2 saturated heterocycles. The van der Waals surface area contributed by atoms with Crippen LogP contribution < -0.4 is 5.32 Å². The molecule has 0 aromatic carbocycles. The molecule has 2 N–H and O–H groups in total. The highest BCUT2D eigenvalue weighted by Crippen LogP contribution is 2.39. The van der Waals surface area contributed by atoms with Crippen LogP contribution in [0.15, 0.2) is 12.4 Å². The first-order chi connectivity index (χ1) is 11.2. The maximum absolute atomic E-state index is 11.8. The van der Waals surface area contributed by atoms with Crippen LogP contribution in [0.2, 0.25) is 0 Å². The minimum atomic E-state index is -0.643. The number of imidazole rings is 1. The molecule has 2 aliphatic heterocycles. The molecule has 1 aromatic heterocycles. The number of halogens is 2. The predicted octanol–water partition coefficient (Wildman–Crippen LogP) is 1.40. The number of aliphatic carboxylic acids is 1. The average Bonchev–Trinajstić information content (AvgIpc) is 2.99. The van der Waals surface area contributed by atoms with Gasteiger partial charge >= 0.3 is 5.97 Å². The first-order valence-corrected chi connectivity index (χ1v) is 8.34. The highest BCUT2D eigenvalue weighted by molar-refractivity contribution is 5.85. The second-order valence-corrected chi connectivity index (χ2v) is 6.59. The molecule has 0 bridgehead atoms. The lowest BCUT2D eigenvalue weighted by Crippen LogP contribution is -2.62. The summed E-state index contributed by atoms with van der Waals surface area (Å²) < 4.78 is 7.24. The Labute approximate surface area is 160 Å². The van der Waals surface area contributed by atoms with Crippen molar-refractivity contribution in [2.75, 3.05) is 33.4 Å². The van der Waals surface area contributed by atoms with Gasteiger partial charge in [-0.2, -0.15) is 0 Å². The Morgan fingerprint density at radius 3 is 3.00 bits per heavy atom. The summed E-state index contributed by atoms with van der Waals surface area (Å²) in [5, 5.41) is 13.2. The number of piperidine rings is 2. The number of carboxylic acids is 1. The molecule has 1 aromatic rings. The number of methoxy groups -OCH3 is 1. The Bertz CT molecular complexity index is 557. The number of hydrogen-bond donors (Lipinski definition) is 2. The van der Waals surface area contributed by atoms with Crippen LogP contribution in [0.25, 0.3) is 0 Å². The minimum absolute atomic E-state index is 0. The third kappa shape index (κ3) is 4.65. The zero-order chi connectivity index (χ0) is 16.3. The normalized spacial score (nSPS) is 26.2. The van der Waals surface area contributed by atoms with Gasteiger partial charge in [-0.1, -0.05) is 0 Å². The molecule has 2 atom stereocenters. The second-order valence-electron chi connectivity index (χ2n) is 6.59. The Morgan fingerprint density at radius 2 is 2.28 bits per heavy atom. The third-order valence-corrected chi connectivity index (χ3v) is 5.30. The molecular weight excluding hydrogens is 367 g/mol. The number of likely N-dealkylation sites (tertiary alicyclic amines) is 1. The Hall–Kier alpha value is -0.860. The maximum atomic E-state index is 11.8. The van der Waals surface area contributed by atoms with Crippen molar-refractivity contribution in [1.29, 1.82) is 0 Å². The zero-order valence-electron chi connectivity index (χ0n) is 14.5. The largest absolute Gasteiger partial charge is 0.481 e. The summed E-state index contributed by atoms with van der Waals surface area (Å²) in [6.07, 6.45) is 6.23. The van der Waals surface area contributed by atoms with E-state index >= 15 is 0 Å². The van der Waals surface area contributed by atoms with Crippen LogP contribution in [0.4, 0.5) is 0 Å². The number of hydrogen-bond acceptors (Lipinski definition) is 5. The highest BCUT2D eigenvalue weighted by Gasteiger charge is 2.50. The third-order valence-electron chi connectivity index (χ3n) is 5.30. The van der Waals surface area contributed by atoms with Crippen molar-refractivity contribution in [1.82, 2.24) is 19.8 Å². The van der Waals surface area contributed by atoms with Gasteiger partial charge in [0.25, 0.3) is 0 Å². The van der Waals surface area contributed by atoms with Crippen molar-refractivity contribution in [2.45, 2.75) is 38.4 Å². The van der Waals surface area contributed by atoms with Gasteiger partial charge in [-0.25, -0.2) is 4.98 Å². The number of nitrogens with zero attached hydrogens (tertiary/aromatic N) is 3. The van der Waals surface area contributed by atoms with E-state index in [1.807, 2.05) is 12.4 Å². The fraction of sp³-hybridized carbons (Fsp3) is 0.750. The van der Waals surface area contributed by atoms with E-state index in [1.165, 1.54) is 0 Å². The van der Waals surface area contributed by atoms with Crippen LogP contribution in [-0.4, -0.2) is 64.9 Å². The van der Waals surface area contributed by atoms with Crippen molar-refractivity contribution < 1.29 is 14.6 Å². The number of ether oxygens (including phenoxy) is 1. The number of nitrogens with one attached hydrogen (secondary N) is 1. The van der Waals surface area contributed by atoms with Crippen LogP contribution in [0, 0.1) is 5.41 Å². The second kappa shape index (κ2) is 9.73. The van der Waals surface area contributed by atoms with E-state index in [1.54, 1.807) is 7.11 Å². The zero-order valence-corrected chi connectivity index (χ0v) is 16.2. The van der Waals surface area contributed by atoms with Crippen LogP contribution >= 0.6 is 24.8 Å². The average molecular weight is 395 g/mol. The van der Waals surface area contributed by atoms with E-state index in [0.29, 0.717) is 13.0 Å². The molecule has 144 valence electrons. The maximum Gasteiger partial charge on any atom is 0.311 e. The molecule has 0 unspecified atom stereocenters. The first-order valence-electron chi connectivity index (χ1n) is 8.34. The Balaban J connectivity index is 0.00000156. The number of carboxylic acid groups (broad SMARTS) is 1. The molecule has 7 nitrogen and oxygen atoms in total. The fourth-order valence-corrected chi connectivity index (χ4v) is 3.89. The summed E-state index contributed by atoms with van der Waals surface area (Å²) in [4.78, 5) is 18.6. The smallest absolute Gasteiger partial charge is 0.311 e. The lowest BCUT2D eigenvalue weighted by Gasteiger charge is -2.48. The van der Waals surface area contributed by atoms with Crippen molar-refractivity contribution >= 4 is 30.8 Å². The molecule has 25 heavy (non-hydrogen) atoms. The fourth-order valence-electron chi connectivity index (χ4n) is 3.89. The molecule has 3 rings (SSSR count). The molecule has 3 heterocycles. The van der Waals surface area contributed by atoms with Gasteiger partial charge in [0, 0.05) is 38.6 Å². The molecule has 2 fully saturated rings. The highest BCUT2D eigenvalue weighted by atomic mass is 35.5. The molecule has 2 aliphatic rings. The lowest BCUT2D eigenvalue weighted by atomic mass is 9.69. The summed E-state index contributed by atoms with van der Waals surface area (Å²) >= 11 is 0. The van der Waals surface area contributed by atoms with Crippen LogP contribution in [0.1, 0.15) is 25.1 Å². The molecule has 0 aliphatic carbocycles. The predicted molar refractivity (Wildman–Crippen MR) is 99.6 cm³/mol. The quantitative estimate of drug-likeness (QED) is 0.758. The lowest BCUT2D eigenvalue weighted by molar-refractivity contribution is -0.156.